The predicted molar refractivity (Wildman–Crippen MR) is 102 cm³/mol. The Hall–Kier alpha value is -2.70. The van der Waals surface area contributed by atoms with Crippen LogP contribution < -0.4 is 20.1 Å². The van der Waals surface area contributed by atoms with Crippen LogP contribution in [0.4, 0.5) is 23.1 Å². The molecule has 0 bridgehead atoms. The second-order valence-electron chi connectivity index (χ2n) is 5.67. The van der Waals surface area contributed by atoms with Gasteiger partial charge < -0.3 is 20.1 Å². The minimum Gasteiger partial charge on any atom is -0.454 e. The minimum absolute atomic E-state index is 0.239. The van der Waals surface area contributed by atoms with Gasteiger partial charge in [0, 0.05) is 29.2 Å². The number of hydrogen-bond acceptors (Lipinski definition) is 6. The molecule has 2 N–H and O–H groups in total. The Balaban J connectivity index is 1.56. The van der Waals surface area contributed by atoms with Crippen LogP contribution in [-0.4, -0.2) is 16.8 Å². The highest BCUT2D eigenvalue weighted by Gasteiger charge is 2.13. The van der Waals surface area contributed by atoms with Gasteiger partial charge in [-0.15, -0.1) is 0 Å². The lowest BCUT2D eigenvalue weighted by Crippen LogP contribution is -2.02. The quantitative estimate of drug-likeness (QED) is 0.631. The maximum atomic E-state index is 6.05. The van der Waals surface area contributed by atoms with Crippen LogP contribution in [0.3, 0.4) is 0 Å². The molecule has 0 saturated carbocycles. The van der Waals surface area contributed by atoms with Crippen molar-refractivity contribution in [1.82, 2.24) is 9.97 Å². The third-order valence-corrected chi connectivity index (χ3v) is 4.41. The molecule has 0 spiro atoms. The van der Waals surface area contributed by atoms with Crippen molar-refractivity contribution >= 4 is 46.3 Å². The number of aromatic nitrogens is 2. The summed E-state index contributed by atoms with van der Waals surface area (Å²) in [5.74, 6) is 2.54. The van der Waals surface area contributed by atoms with Crippen LogP contribution in [0, 0.1) is 6.92 Å². The number of aryl methyl sites for hydroxylation is 1. The highest BCUT2D eigenvalue weighted by atomic mass is 35.5. The van der Waals surface area contributed by atoms with E-state index in [4.69, 9.17) is 32.7 Å². The average molecular weight is 389 g/mol. The number of nitrogens with zero attached hydrogens (tertiary/aromatic N) is 2. The van der Waals surface area contributed by atoms with Gasteiger partial charge in [0.25, 0.3) is 0 Å². The lowest BCUT2D eigenvalue weighted by atomic mass is 10.2. The largest absolute Gasteiger partial charge is 0.454 e. The Morgan fingerprint density at radius 2 is 1.62 bits per heavy atom. The van der Waals surface area contributed by atoms with Crippen molar-refractivity contribution in [3.63, 3.8) is 0 Å². The summed E-state index contributed by atoms with van der Waals surface area (Å²) in [6.07, 6.45) is 0. The smallest absolute Gasteiger partial charge is 0.231 e. The van der Waals surface area contributed by atoms with Gasteiger partial charge in [-0.25, -0.2) is 4.98 Å². The number of fused-ring (bicyclic) bond motifs is 1. The molecule has 4 rings (SSSR count). The molecule has 1 aromatic heterocycles. The first-order valence-corrected chi connectivity index (χ1v) is 8.57. The third kappa shape index (κ3) is 3.61. The molecule has 0 aliphatic carbocycles. The predicted octanol–water partition coefficient (Wildman–Crippen LogP) is 5.31. The van der Waals surface area contributed by atoms with Crippen LogP contribution in [-0.2, 0) is 0 Å². The molecule has 132 valence electrons. The Bertz CT molecular complexity index is 981. The number of benzene rings is 2. The molecule has 0 atom stereocenters. The number of rotatable bonds is 4. The molecule has 0 saturated heterocycles. The molecule has 3 aromatic rings. The fourth-order valence-corrected chi connectivity index (χ4v) is 2.81. The maximum absolute atomic E-state index is 6.05. The Labute approximate surface area is 160 Å². The standard InChI is InChI=1S/C18H14Cl2N4O2/c1-10-6-17(22-12-3-5-15-16(8-12)26-9-25-15)24-18(21-10)23-11-2-4-13(19)14(20)7-11/h2-8H,9H2,1H3,(H2,21,22,23,24). The van der Waals surface area contributed by atoms with Crippen LogP contribution in [0.2, 0.25) is 10.0 Å². The molecular formula is C18H14Cl2N4O2. The van der Waals surface area contributed by atoms with Crippen molar-refractivity contribution < 1.29 is 9.47 Å². The Morgan fingerprint density at radius 1 is 0.846 bits per heavy atom. The molecule has 8 heteroatoms. The van der Waals surface area contributed by atoms with Gasteiger partial charge in [0.2, 0.25) is 12.7 Å². The molecule has 6 nitrogen and oxygen atoms in total. The van der Waals surface area contributed by atoms with E-state index in [0.29, 0.717) is 27.6 Å². The van der Waals surface area contributed by atoms with Crippen LogP contribution >= 0.6 is 23.2 Å². The number of ether oxygens (including phenoxy) is 2. The molecule has 1 aliphatic heterocycles. The molecule has 2 aromatic carbocycles. The molecule has 0 radical (unpaired) electrons. The van der Waals surface area contributed by atoms with E-state index in [1.54, 1.807) is 12.1 Å². The SMILES string of the molecule is Cc1cc(Nc2ccc3c(c2)OCO3)nc(Nc2ccc(Cl)c(Cl)c2)n1. The molecule has 0 fully saturated rings. The molecule has 0 amide bonds. The van der Waals surface area contributed by atoms with Gasteiger partial charge >= 0.3 is 0 Å². The summed E-state index contributed by atoms with van der Waals surface area (Å²) < 4.78 is 10.7. The summed E-state index contributed by atoms with van der Waals surface area (Å²) in [5.41, 5.74) is 2.40. The summed E-state index contributed by atoms with van der Waals surface area (Å²) in [4.78, 5) is 8.89. The van der Waals surface area contributed by atoms with Gasteiger partial charge in [0.05, 0.1) is 10.0 Å². The number of halogens is 2. The van der Waals surface area contributed by atoms with Crippen molar-refractivity contribution in [2.45, 2.75) is 6.92 Å². The van der Waals surface area contributed by atoms with E-state index in [0.717, 1.165) is 22.8 Å². The van der Waals surface area contributed by atoms with Crippen molar-refractivity contribution in [1.29, 1.82) is 0 Å². The van der Waals surface area contributed by atoms with Gasteiger partial charge in [0.15, 0.2) is 11.5 Å². The van der Waals surface area contributed by atoms with Gasteiger partial charge in [-0.1, -0.05) is 23.2 Å². The van der Waals surface area contributed by atoms with Gasteiger partial charge in [-0.3, -0.25) is 0 Å². The summed E-state index contributed by atoms with van der Waals surface area (Å²) >= 11 is 12.0. The normalized spacial score (nSPS) is 12.1. The Morgan fingerprint density at radius 3 is 2.46 bits per heavy atom. The van der Waals surface area contributed by atoms with Gasteiger partial charge in [-0.05, 0) is 37.3 Å². The monoisotopic (exact) mass is 388 g/mol. The molecule has 1 aliphatic rings. The first-order valence-electron chi connectivity index (χ1n) is 7.81. The third-order valence-electron chi connectivity index (χ3n) is 3.67. The minimum atomic E-state index is 0.239. The summed E-state index contributed by atoms with van der Waals surface area (Å²) in [7, 11) is 0. The van der Waals surface area contributed by atoms with Crippen LogP contribution in [0.15, 0.2) is 42.5 Å². The molecule has 0 unspecified atom stereocenters. The van der Waals surface area contributed by atoms with Crippen molar-refractivity contribution in [3.05, 3.63) is 58.2 Å². The van der Waals surface area contributed by atoms with E-state index in [1.807, 2.05) is 37.3 Å². The van der Waals surface area contributed by atoms with E-state index in [2.05, 4.69) is 20.6 Å². The van der Waals surface area contributed by atoms with E-state index in [9.17, 15) is 0 Å². The van der Waals surface area contributed by atoms with Gasteiger partial charge in [0.1, 0.15) is 5.82 Å². The van der Waals surface area contributed by atoms with Crippen molar-refractivity contribution in [2.75, 3.05) is 17.4 Å². The summed E-state index contributed by atoms with van der Waals surface area (Å²) in [6.45, 7) is 2.13. The van der Waals surface area contributed by atoms with E-state index < -0.39 is 0 Å². The topological polar surface area (TPSA) is 68.3 Å². The van der Waals surface area contributed by atoms with Crippen LogP contribution in [0.25, 0.3) is 0 Å². The fourth-order valence-electron chi connectivity index (χ4n) is 2.51. The first kappa shape index (κ1) is 16.8. The molecule has 2 heterocycles. The lowest BCUT2D eigenvalue weighted by molar-refractivity contribution is 0.174. The van der Waals surface area contributed by atoms with Gasteiger partial charge in [-0.2, -0.15) is 4.98 Å². The van der Waals surface area contributed by atoms with E-state index >= 15 is 0 Å². The number of nitrogens with one attached hydrogen (secondary N) is 2. The first-order chi connectivity index (χ1) is 12.6. The second kappa shape index (κ2) is 6.90. The Kier molecular flexibility index (Phi) is 4.44. The summed E-state index contributed by atoms with van der Waals surface area (Å²) in [6, 6.07) is 12.7. The van der Waals surface area contributed by atoms with Crippen LogP contribution in [0.5, 0.6) is 11.5 Å². The highest BCUT2D eigenvalue weighted by molar-refractivity contribution is 6.42. The zero-order chi connectivity index (χ0) is 18.1. The highest BCUT2D eigenvalue weighted by Crippen LogP contribution is 2.35. The fraction of sp³-hybridized carbons (Fsp3) is 0.111. The van der Waals surface area contributed by atoms with E-state index in [1.165, 1.54) is 0 Å². The second-order valence-corrected chi connectivity index (χ2v) is 6.48. The molecular weight excluding hydrogens is 375 g/mol. The maximum Gasteiger partial charge on any atom is 0.231 e. The van der Waals surface area contributed by atoms with Crippen molar-refractivity contribution in [3.8, 4) is 11.5 Å². The van der Waals surface area contributed by atoms with E-state index in [-0.39, 0.29) is 6.79 Å². The molecule has 26 heavy (non-hydrogen) atoms. The lowest BCUT2D eigenvalue weighted by Gasteiger charge is -2.11. The summed E-state index contributed by atoms with van der Waals surface area (Å²) in [5, 5.41) is 7.33. The zero-order valence-corrected chi connectivity index (χ0v) is 15.2. The number of anilines is 4. The average Bonchev–Trinajstić information content (AvgIpc) is 3.05. The number of hydrogen-bond donors (Lipinski definition) is 2. The van der Waals surface area contributed by atoms with Crippen molar-refractivity contribution in [2.24, 2.45) is 0 Å². The van der Waals surface area contributed by atoms with Crippen LogP contribution in [0.1, 0.15) is 5.69 Å². The zero-order valence-electron chi connectivity index (χ0n) is 13.7.